The van der Waals surface area contributed by atoms with Crippen LogP contribution in [-0.2, 0) is 14.9 Å². The van der Waals surface area contributed by atoms with Crippen LogP contribution in [0.4, 0.5) is 5.69 Å². The van der Waals surface area contributed by atoms with Crippen LogP contribution in [0.5, 0.6) is 5.75 Å². The Bertz CT molecular complexity index is 1350. The Morgan fingerprint density at radius 1 is 1.03 bits per heavy atom. The van der Waals surface area contributed by atoms with Crippen LogP contribution in [0.3, 0.4) is 0 Å². The van der Waals surface area contributed by atoms with Gasteiger partial charge in [0, 0.05) is 5.02 Å². The van der Waals surface area contributed by atoms with Gasteiger partial charge in [-0.25, -0.2) is 4.99 Å². The average Bonchev–Trinajstić information content (AvgIpc) is 3.07. The van der Waals surface area contributed by atoms with Gasteiger partial charge in [-0.3, -0.25) is 4.79 Å². The molecule has 6 nitrogen and oxygen atoms in total. The molecule has 1 heterocycles. The Morgan fingerprint density at radius 3 is 2.53 bits per heavy atom. The van der Waals surface area contributed by atoms with Crippen molar-refractivity contribution < 1.29 is 17.4 Å². The van der Waals surface area contributed by atoms with Crippen molar-refractivity contribution in [2.24, 2.45) is 4.99 Å². The van der Waals surface area contributed by atoms with Gasteiger partial charge >= 0.3 is 10.1 Å². The maximum absolute atomic E-state index is 12.5. The van der Waals surface area contributed by atoms with E-state index < -0.39 is 10.1 Å². The normalized spacial score (nSPS) is 16.4. The van der Waals surface area contributed by atoms with Gasteiger partial charge in [0.05, 0.1) is 10.6 Å². The second-order valence-corrected chi connectivity index (χ2v) is 9.90. The van der Waals surface area contributed by atoms with Gasteiger partial charge in [0.1, 0.15) is 10.6 Å². The van der Waals surface area contributed by atoms with Crippen molar-refractivity contribution in [1.29, 1.82) is 0 Å². The van der Waals surface area contributed by atoms with E-state index in [2.05, 4.69) is 10.3 Å². The molecule has 1 saturated heterocycles. The van der Waals surface area contributed by atoms with Crippen LogP contribution >= 0.6 is 23.4 Å². The number of benzene rings is 3. The molecule has 9 heteroatoms. The molecule has 0 aromatic heterocycles. The second kappa shape index (κ2) is 9.20. The Kier molecular flexibility index (Phi) is 6.36. The van der Waals surface area contributed by atoms with Gasteiger partial charge in [-0.05, 0) is 72.8 Å². The minimum absolute atomic E-state index is 0.0689. The predicted octanol–water partition coefficient (Wildman–Crippen LogP) is 5.31. The van der Waals surface area contributed by atoms with Crippen molar-refractivity contribution >= 4 is 56.3 Å². The highest BCUT2D eigenvalue weighted by molar-refractivity contribution is 8.18. The number of amides is 1. The van der Waals surface area contributed by atoms with Gasteiger partial charge in [0.2, 0.25) is 0 Å². The van der Waals surface area contributed by atoms with Crippen LogP contribution in [0.2, 0.25) is 5.02 Å². The summed E-state index contributed by atoms with van der Waals surface area (Å²) in [5.41, 5.74) is 2.18. The summed E-state index contributed by atoms with van der Waals surface area (Å²) in [6.45, 7) is 1.87. The van der Waals surface area contributed by atoms with Gasteiger partial charge in [0.15, 0.2) is 5.17 Å². The second-order valence-electron chi connectivity index (χ2n) is 6.88. The third-order valence-electron chi connectivity index (χ3n) is 4.36. The maximum Gasteiger partial charge on any atom is 0.339 e. The van der Waals surface area contributed by atoms with Gasteiger partial charge in [-0.15, -0.1) is 0 Å². The van der Waals surface area contributed by atoms with E-state index in [-0.39, 0.29) is 16.6 Å². The molecular weight excluding hydrogens is 468 g/mol. The fourth-order valence-electron chi connectivity index (χ4n) is 2.83. The van der Waals surface area contributed by atoms with E-state index in [0.29, 0.717) is 26.3 Å². The molecule has 1 aliphatic heterocycles. The van der Waals surface area contributed by atoms with Gasteiger partial charge < -0.3 is 9.50 Å². The van der Waals surface area contributed by atoms with Crippen molar-refractivity contribution in [1.82, 2.24) is 5.32 Å². The number of aliphatic imine (C=N–C) groups is 1. The van der Waals surface area contributed by atoms with Gasteiger partial charge in [-0.1, -0.05) is 47.5 Å². The first-order valence-corrected chi connectivity index (χ1v) is 12.1. The van der Waals surface area contributed by atoms with Crippen molar-refractivity contribution in [3.8, 4) is 5.75 Å². The third kappa shape index (κ3) is 5.40. The first kappa shape index (κ1) is 22.1. The van der Waals surface area contributed by atoms with Crippen LogP contribution in [-0.4, -0.2) is 19.5 Å². The molecule has 3 aromatic carbocycles. The molecule has 1 N–H and O–H groups in total. The minimum atomic E-state index is -3.97. The number of carbonyl (C=O) groups is 1. The summed E-state index contributed by atoms with van der Waals surface area (Å²) in [5.74, 6) is -0.148. The molecule has 1 amide bonds. The quantitative estimate of drug-likeness (QED) is 0.392. The third-order valence-corrected chi connectivity index (χ3v) is 6.77. The van der Waals surface area contributed by atoms with E-state index in [4.69, 9.17) is 15.8 Å². The molecule has 0 bridgehead atoms. The number of halogens is 1. The summed E-state index contributed by atoms with van der Waals surface area (Å²) in [4.78, 5) is 17.2. The number of aryl methyl sites for hydroxylation is 1. The van der Waals surface area contributed by atoms with Crippen LogP contribution < -0.4 is 9.50 Å². The largest absolute Gasteiger partial charge is 0.379 e. The number of hydrogen-bond acceptors (Lipinski definition) is 6. The minimum Gasteiger partial charge on any atom is -0.379 e. The molecule has 0 spiro atoms. The standard InChI is InChI=1S/C23H17ClN2O4S2/c1-15-8-10-20(11-9-15)32(28,29)30-19-7-2-4-16(12-19)13-21-22(27)26-23(31-21)25-18-6-3-5-17(24)14-18/h2-14H,1H3,(H,25,26,27)/b21-13+. The smallest absolute Gasteiger partial charge is 0.339 e. The predicted molar refractivity (Wildman–Crippen MR) is 128 cm³/mol. The molecule has 0 saturated carbocycles. The molecule has 1 fully saturated rings. The Labute approximate surface area is 195 Å². The Morgan fingerprint density at radius 2 is 1.78 bits per heavy atom. The van der Waals surface area contributed by atoms with Crippen molar-refractivity contribution in [2.75, 3.05) is 0 Å². The summed E-state index contributed by atoms with van der Waals surface area (Å²) in [5, 5.41) is 3.69. The van der Waals surface area contributed by atoms with E-state index in [9.17, 15) is 13.2 Å². The first-order chi connectivity index (χ1) is 15.3. The zero-order chi connectivity index (χ0) is 22.7. The Balaban J connectivity index is 1.53. The highest BCUT2D eigenvalue weighted by Crippen LogP contribution is 2.30. The lowest BCUT2D eigenvalue weighted by Gasteiger charge is -2.08. The molecule has 0 aliphatic carbocycles. The summed E-state index contributed by atoms with van der Waals surface area (Å²) in [6.07, 6.45) is 1.64. The number of nitrogens with zero attached hydrogens (tertiary/aromatic N) is 1. The van der Waals surface area contributed by atoms with E-state index >= 15 is 0 Å². The fourth-order valence-corrected chi connectivity index (χ4v) is 4.78. The van der Waals surface area contributed by atoms with Crippen LogP contribution in [0.25, 0.3) is 6.08 Å². The lowest BCUT2D eigenvalue weighted by molar-refractivity contribution is -0.115. The van der Waals surface area contributed by atoms with Crippen LogP contribution in [0, 0.1) is 6.92 Å². The summed E-state index contributed by atoms with van der Waals surface area (Å²) >= 11 is 7.15. The van der Waals surface area contributed by atoms with Gasteiger partial charge in [0.25, 0.3) is 5.91 Å². The Hall–Kier alpha value is -3.07. The molecule has 0 atom stereocenters. The van der Waals surface area contributed by atoms with E-state index in [1.165, 1.54) is 23.9 Å². The highest BCUT2D eigenvalue weighted by Gasteiger charge is 2.24. The van der Waals surface area contributed by atoms with Crippen molar-refractivity contribution in [3.05, 3.63) is 93.9 Å². The zero-order valence-electron chi connectivity index (χ0n) is 16.8. The topological polar surface area (TPSA) is 84.8 Å². The summed E-state index contributed by atoms with van der Waals surface area (Å²) in [6, 6.07) is 19.9. The molecular formula is C23H17ClN2O4S2. The number of hydrogen-bond donors (Lipinski definition) is 1. The lowest BCUT2D eigenvalue weighted by atomic mass is 10.2. The zero-order valence-corrected chi connectivity index (χ0v) is 19.2. The molecule has 162 valence electrons. The lowest BCUT2D eigenvalue weighted by Crippen LogP contribution is -2.19. The average molecular weight is 485 g/mol. The number of rotatable bonds is 5. The molecule has 32 heavy (non-hydrogen) atoms. The monoisotopic (exact) mass is 484 g/mol. The van der Waals surface area contributed by atoms with Crippen LogP contribution in [0.1, 0.15) is 11.1 Å². The molecule has 0 unspecified atom stereocenters. The number of nitrogens with one attached hydrogen (secondary N) is 1. The number of amidine groups is 1. The highest BCUT2D eigenvalue weighted by atomic mass is 35.5. The SMILES string of the molecule is Cc1ccc(S(=O)(=O)Oc2cccc(/C=C3/SC(=Nc4cccc(Cl)c4)NC3=O)c2)cc1. The molecule has 1 aliphatic rings. The van der Waals surface area contributed by atoms with Gasteiger partial charge in [-0.2, -0.15) is 8.42 Å². The molecule has 4 rings (SSSR count). The summed E-state index contributed by atoms with van der Waals surface area (Å²) < 4.78 is 30.3. The number of carbonyl (C=O) groups excluding carboxylic acids is 1. The van der Waals surface area contributed by atoms with E-state index in [1.807, 2.05) is 6.92 Å². The number of thioether (sulfide) groups is 1. The van der Waals surface area contributed by atoms with E-state index in [1.54, 1.807) is 66.7 Å². The maximum atomic E-state index is 12.5. The molecule has 3 aromatic rings. The van der Waals surface area contributed by atoms with Crippen LogP contribution in [0.15, 0.2) is 87.6 Å². The van der Waals surface area contributed by atoms with Crippen molar-refractivity contribution in [3.63, 3.8) is 0 Å². The summed E-state index contributed by atoms with van der Waals surface area (Å²) in [7, 11) is -3.97. The van der Waals surface area contributed by atoms with E-state index in [0.717, 1.165) is 5.56 Å². The fraction of sp³-hybridized carbons (Fsp3) is 0.0435. The molecule has 0 radical (unpaired) electrons. The van der Waals surface area contributed by atoms with Crippen molar-refractivity contribution in [2.45, 2.75) is 11.8 Å². The first-order valence-electron chi connectivity index (χ1n) is 9.45.